The van der Waals surface area contributed by atoms with Gasteiger partial charge >= 0.3 is 0 Å². The number of anilines is 2. The van der Waals surface area contributed by atoms with Crippen molar-refractivity contribution in [2.45, 2.75) is 20.3 Å². The van der Waals surface area contributed by atoms with Crippen LogP contribution in [0.5, 0.6) is 0 Å². The fourth-order valence-corrected chi connectivity index (χ4v) is 3.42. The third kappa shape index (κ3) is 4.53. The van der Waals surface area contributed by atoms with Gasteiger partial charge in [-0.1, -0.05) is 25.1 Å². The molecule has 8 nitrogen and oxygen atoms in total. The van der Waals surface area contributed by atoms with Crippen LogP contribution in [0.2, 0.25) is 0 Å². The van der Waals surface area contributed by atoms with Crippen LogP contribution in [0.15, 0.2) is 42.5 Å². The van der Waals surface area contributed by atoms with E-state index in [0.29, 0.717) is 43.9 Å². The van der Waals surface area contributed by atoms with Crippen molar-refractivity contribution in [2.24, 2.45) is 0 Å². The predicted molar refractivity (Wildman–Crippen MR) is 111 cm³/mol. The van der Waals surface area contributed by atoms with Gasteiger partial charge in [0, 0.05) is 49.8 Å². The van der Waals surface area contributed by atoms with E-state index in [9.17, 15) is 19.7 Å². The summed E-state index contributed by atoms with van der Waals surface area (Å²) in [5.41, 5.74) is 2.16. The molecular weight excluding hydrogens is 372 g/mol. The van der Waals surface area contributed by atoms with E-state index >= 15 is 0 Å². The van der Waals surface area contributed by atoms with Crippen molar-refractivity contribution in [1.29, 1.82) is 0 Å². The molecule has 1 aliphatic heterocycles. The van der Waals surface area contributed by atoms with Crippen molar-refractivity contribution in [1.82, 2.24) is 4.90 Å². The van der Waals surface area contributed by atoms with Gasteiger partial charge in [0.2, 0.25) is 5.91 Å². The fourth-order valence-electron chi connectivity index (χ4n) is 3.42. The van der Waals surface area contributed by atoms with Crippen molar-refractivity contribution in [2.75, 3.05) is 36.4 Å². The first kappa shape index (κ1) is 20.3. The Morgan fingerprint density at radius 2 is 1.79 bits per heavy atom. The SMILES string of the molecule is CCC(=O)N1CCN(c2ccccc2NC(=O)c2ccc(C)c([N+](=O)[O-])c2)CC1. The van der Waals surface area contributed by atoms with Gasteiger partial charge in [-0.15, -0.1) is 0 Å². The zero-order valence-electron chi connectivity index (χ0n) is 16.6. The standard InChI is InChI=1S/C21H24N4O4/c1-3-20(26)24-12-10-23(11-13-24)18-7-5-4-6-17(18)22-21(27)16-9-8-15(2)19(14-16)25(28)29/h4-9,14H,3,10-13H2,1-2H3,(H,22,27). The summed E-state index contributed by atoms with van der Waals surface area (Å²) in [5, 5.41) is 14.0. The highest BCUT2D eigenvalue weighted by molar-refractivity contribution is 6.06. The number of carbonyl (C=O) groups excluding carboxylic acids is 2. The summed E-state index contributed by atoms with van der Waals surface area (Å²) < 4.78 is 0. The molecule has 0 spiro atoms. The zero-order chi connectivity index (χ0) is 21.0. The minimum Gasteiger partial charge on any atom is -0.366 e. The summed E-state index contributed by atoms with van der Waals surface area (Å²) in [5.74, 6) is -0.257. The first-order valence-electron chi connectivity index (χ1n) is 9.59. The number of aryl methyl sites for hydroxylation is 1. The summed E-state index contributed by atoms with van der Waals surface area (Å²) >= 11 is 0. The maximum Gasteiger partial charge on any atom is 0.273 e. The Hall–Kier alpha value is -3.42. The number of nitrogens with zero attached hydrogens (tertiary/aromatic N) is 3. The van der Waals surface area contributed by atoms with Crippen LogP contribution in [-0.4, -0.2) is 47.8 Å². The van der Waals surface area contributed by atoms with E-state index in [4.69, 9.17) is 0 Å². The largest absolute Gasteiger partial charge is 0.366 e. The number of hydrogen-bond donors (Lipinski definition) is 1. The Morgan fingerprint density at radius 3 is 2.45 bits per heavy atom. The molecule has 8 heteroatoms. The van der Waals surface area contributed by atoms with Gasteiger partial charge in [-0.3, -0.25) is 19.7 Å². The summed E-state index contributed by atoms with van der Waals surface area (Å²) in [6.45, 7) is 6.12. The second-order valence-electron chi connectivity index (χ2n) is 6.95. The van der Waals surface area contributed by atoms with Crippen LogP contribution in [0.25, 0.3) is 0 Å². The van der Waals surface area contributed by atoms with Gasteiger partial charge in [-0.25, -0.2) is 0 Å². The van der Waals surface area contributed by atoms with Gasteiger partial charge in [0.05, 0.1) is 16.3 Å². The first-order valence-corrected chi connectivity index (χ1v) is 9.59. The van der Waals surface area contributed by atoms with Crippen molar-refractivity contribution in [3.63, 3.8) is 0 Å². The number of carbonyl (C=O) groups is 2. The summed E-state index contributed by atoms with van der Waals surface area (Å²) in [7, 11) is 0. The minimum absolute atomic E-state index is 0.0809. The predicted octanol–water partition coefficient (Wildman–Crippen LogP) is 3.21. The molecule has 0 radical (unpaired) electrons. The molecule has 0 bridgehead atoms. The maximum atomic E-state index is 12.7. The van der Waals surface area contributed by atoms with Crippen molar-refractivity contribution < 1.29 is 14.5 Å². The number of nitrogens with one attached hydrogen (secondary N) is 1. The molecule has 1 saturated heterocycles. The molecule has 0 unspecified atom stereocenters. The molecule has 2 amide bonds. The monoisotopic (exact) mass is 396 g/mol. The van der Waals surface area contributed by atoms with Gasteiger partial charge in [-0.2, -0.15) is 0 Å². The number of amides is 2. The van der Waals surface area contributed by atoms with Crippen molar-refractivity contribution in [3.8, 4) is 0 Å². The van der Waals surface area contributed by atoms with Crippen molar-refractivity contribution in [3.05, 3.63) is 63.7 Å². The Balaban J connectivity index is 1.76. The Labute approximate surface area is 169 Å². The Kier molecular flexibility index (Phi) is 6.11. The van der Waals surface area contributed by atoms with Crippen LogP contribution < -0.4 is 10.2 Å². The van der Waals surface area contributed by atoms with Crippen LogP contribution in [-0.2, 0) is 4.79 Å². The number of piperazine rings is 1. The molecule has 0 atom stereocenters. The van der Waals surface area contributed by atoms with E-state index in [1.807, 2.05) is 30.0 Å². The molecule has 2 aromatic rings. The molecule has 1 N–H and O–H groups in total. The highest BCUT2D eigenvalue weighted by atomic mass is 16.6. The fraction of sp³-hybridized carbons (Fsp3) is 0.333. The molecular formula is C21H24N4O4. The molecule has 2 aromatic carbocycles. The molecule has 1 heterocycles. The number of para-hydroxylation sites is 2. The van der Waals surface area contributed by atoms with Gasteiger partial charge in [0.15, 0.2) is 0 Å². The molecule has 0 aromatic heterocycles. The molecule has 152 valence electrons. The Morgan fingerprint density at radius 1 is 1.10 bits per heavy atom. The first-order chi connectivity index (χ1) is 13.9. The second kappa shape index (κ2) is 8.72. The van der Waals surface area contributed by atoms with E-state index in [0.717, 1.165) is 5.69 Å². The van der Waals surface area contributed by atoms with Gasteiger partial charge in [0.1, 0.15) is 0 Å². The molecule has 29 heavy (non-hydrogen) atoms. The van der Waals surface area contributed by atoms with Crippen molar-refractivity contribution >= 4 is 28.9 Å². The highest BCUT2D eigenvalue weighted by Gasteiger charge is 2.22. The third-order valence-corrected chi connectivity index (χ3v) is 5.10. The number of nitro groups is 1. The topological polar surface area (TPSA) is 95.8 Å². The number of benzene rings is 2. The van der Waals surface area contributed by atoms with Crippen LogP contribution in [0, 0.1) is 17.0 Å². The second-order valence-corrected chi connectivity index (χ2v) is 6.95. The van der Waals surface area contributed by atoms with Crippen LogP contribution in [0.1, 0.15) is 29.3 Å². The molecule has 3 rings (SSSR count). The third-order valence-electron chi connectivity index (χ3n) is 5.10. The lowest BCUT2D eigenvalue weighted by Crippen LogP contribution is -2.48. The van der Waals surface area contributed by atoms with E-state index < -0.39 is 10.8 Å². The van der Waals surface area contributed by atoms with Gasteiger partial charge in [0.25, 0.3) is 11.6 Å². The van der Waals surface area contributed by atoms with Gasteiger partial charge < -0.3 is 15.1 Å². The lowest BCUT2D eigenvalue weighted by Gasteiger charge is -2.36. The molecule has 0 aliphatic carbocycles. The highest BCUT2D eigenvalue weighted by Crippen LogP contribution is 2.28. The zero-order valence-corrected chi connectivity index (χ0v) is 16.6. The average Bonchev–Trinajstić information content (AvgIpc) is 2.73. The maximum absolute atomic E-state index is 12.7. The summed E-state index contributed by atoms with van der Waals surface area (Å²) in [6.07, 6.45) is 0.495. The molecule has 1 aliphatic rings. The molecule has 1 fully saturated rings. The summed E-state index contributed by atoms with van der Waals surface area (Å²) in [6, 6.07) is 11.9. The smallest absolute Gasteiger partial charge is 0.273 e. The summed E-state index contributed by atoms with van der Waals surface area (Å²) in [4.78, 5) is 39.2. The quantitative estimate of drug-likeness (QED) is 0.618. The van der Waals surface area contributed by atoms with E-state index in [1.54, 1.807) is 25.1 Å². The average molecular weight is 396 g/mol. The minimum atomic E-state index is -0.489. The number of hydrogen-bond acceptors (Lipinski definition) is 5. The van der Waals surface area contributed by atoms with Gasteiger partial charge in [-0.05, 0) is 25.1 Å². The normalized spacial score (nSPS) is 13.9. The van der Waals surface area contributed by atoms with E-state index in [1.165, 1.54) is 6.07 Å². The molecule has 0 saturated carbocycles. The Bertz CT molecular complexity index is 936. The lowest BCUT2D eigenvalue weighted by atomic mass is 10.1. The van der Waals surface area contributed by atoms with E-state index in [2.05, 4.69) is 10.2 Å². The number of nitro benzene ring substituents is 1. The van der Waals surface area contributed by atoms with Crippen LogP contribution in [0.3, 0.4) is 0 Å². The number of rotatable bonds is 5. The van der Waals surface area contributed by atoms with Crippen LogP contribution in [0.4, 0.5) is 17.1 Å². The lowest BCUT2D eigenvalue weighted by molar-refractivity contribution is -0.385. The van der Waals surface area contributed by atoms with Crippen LogP contribution >= 0.6 is 0 Å². The van der Waals surface area contributed by atoms with E-state index in [-0.39, 0.29) is 17.2 Å².